The van der Waals surface area contributed by atoms with Gasteiger partial charge in [0.1, 0.15) is 5.82 Å². The van der Waals surface area contributed by atoms with Gasteiger partial charge in [-0.15, -0.1) is 0 Å². The molecule has 98 valence electrons. The lowest BCUT2D eigenvalue weighted by Crippen LogP contribution is -1.97. The van der Waals surface area contributed by atoms with E-state index in [1.54, 1.807) is 12.3 Å². The fraction of sp³-hybridized carbons (Fsp3) is 0.333. The number of unbranched alkanes of at least 4 members (excludes halogenated alkanes) is 2. The van der Waals surface area contributed by atoms with E-state index in [-0.39, 0.29) is 5.82 Å². The Balaban J connectivity index is 2.20. The van der Waals surface area contributed by atoms with Crippen LogP contribution >= 0.6 is 0 Å². The Hall–Kier alpha value is -2.15. The van der Waals surface area contributed by atoms with E-state index in [2.05, 4.69) is 12.0 Å². The van der Waals surface area contributed by atoms with Crippen molar-refractivity contribution in [2.45, 2.75) is 32.7 Å². The number of halogens is 1. The molecule has 1 aromatic carbocycles. The lowest BCUT2D eigenvalue weighted by atomic mass is 10.1. The summed E-state index contributed by atoms with van der Waals surface area (Å²) >= 11 is 0. The maximum absolute atomic E-state index is 13.8. The maximum Gasteiger partial charge on any atom is 0.131 e. The largest absolute Gasteiger partial charge is 0.272 e. The molecule has 2 rings (SSSR count). The second-order valence-electron chi connectivity index (χ2n) is 4.51. The molecule has 2 aromatic rings. The summed E-state index contributed by atoms with van der Waals surface area (Å²) in [5.41, 5.74) is 1.60. The molecule has 0 bridgehead atoms. The zero-order chi connectivity index (χ0) is 13.7. The number of nitrogens with zero attached hydrogens (tertiary/aromatic N) is 3. The minimum Gasteiger partial charge on any atom is -0.272 e. The van der Waals surface area contributed by atoms with Crippen molar-refractivity contribution < 1.29 is 4.39 Å². The number of aryl methyl sites for hydroxylation is 1. The summed E-state index contributed by atoms with van der Waals surface area (Å²) in [6, 6.07) is 6.38. The summed E-state index contributed by atoms with van der Waals surface area (Å²) in [5, 5.41) is 13.1. The van der Waals surface area contributed by atoms with Gasteiger partial charge in [-0.2, -0.15) is 10.4 Å². The molecule has 19 heavy (non-hydrogen) atoms. The van der Waals surface area contributed by atoms with Crippen molar-refractivity contribution in [2.75, 3.05) is 0 Å². The van der Waals surface area contributed by atoms with Gasteiger partial charge < -0.3 is 0 Å². The summed E-state index contributed by atoms with van der Waals surface area (Å²) in [5.74, 6) is -0.327. The minimum absolute atomic E-state index is 0.327. The van der Waals surface area contributed by atoms with Gasteiger partial charge in [-0.05, 0) is 24.6 Å². The highest BCUT2D eigenvalue weighted by atomic mass is 19.1. The van der Waals surface area contributed by atoms with E-state index >= 15 is 0 Å². The van der Waals surface area contributed by atoms with Crippen LogP contribution in [0.3, 0.4) is 0 Å². The summed E-state index contributed by atoms with van der Waals surface area (Å²) in [7, 11) is 0. The normalized spacial score (nSPS) is 10.4. The Morgan fingerprint density at radius 1 is 1.37 bits per heavy atom. The van der Waals surface area contributed by atoms with E-state index in [1.807, 2.05) is 16.9 Å². The van der Waals surface area contributed by atoms with Crippen LogP contribution in [-0.4, -0.2) is 9.78 Å². The van der Waals surface area contributed by atoms with Crippen LogP contribution in [0.5, 0.6) is 0 Å². The van der Waals surface area contributed by atoms with Gasteiger partial charge in [-0.1, -0.05) is 19.8 Å². The first kappa shape index (κ1) is 13.3. The van der Waals surface area contributed by atoms with E-state index in [1.165, 1.54) is 12.1 Å². The topological polar surface area (TPSA) is 41.6 Å². The van der Waals surface area contributed by atoms with Crippen LogP contribution in [-0.2, 0) is 6.54 Å². The number of hydrogen-bond acceptors (Lipinski definition) is 2. The van der Waals surface area contributed by atoms with Crippen LogP contribution in [0.15, 0.2) is 30.6 Å². The SMILES string of the molecule is CCCCCn1cc(-c2cc(C#N)ccc2F)cn1. The number of aromatic nitrogens is 2. The zero-order valence-electron chi connectivity index (χ0n) is 10.9. The van der Waals surface area contributed by atoms with Gasteiger partial charge in [0.15, 0.2) is 0 Å². The molecule has 3 nitrogen and oxygen atoms in total. The molecule has 0 fully saturated rings. The molecule has 0 spiro atoms. The first-order chi connectivity index (χ1) is 9.24. The fourth-order valence-electron chi connectivity index (χ4n) is 1.96. The Kier molecular flexibility index (Phi) is 4.30. The highest BCUT2D eigenvalue weighted by Crippen LogP contribution is 2.23. The molecule has 0 aliphatic carbocycles. The third-order valence-electron chi connectivity index (χ3n) is 3.03. The number of benzene rings is 1. The van der Waals surface area contributed by atoms with E-state index in [0.29, 0.717) is 16.7 Å². The van der Waals surface area contributed by atoms with Crippen molar-refractivity contribution in [1.82, 2.24) is 9.78 Å². The summed E-state index contributed by atoms with van der Waals surface area (Å²) in [6.07, 6.45) is 6.86. The van der Waals surface area contributed by atoms with Crippen molar-refractivity contribution in [3.05, 3.63) is 42.0 Å². The molecule has 4 heteroatoms. The van der Waals surface area contributed by atoms with Gasteiger partial charge in [-0.3, -0.25) is 4.68 Å². The summed E-state index contributed by atoms with van der Waals surface area (Å²) < 4.78 is 15.6. The first-order valence-corrected chi connectivity index (χ1v) is 6.47. The predicted molar refractivity (Wildman–Crippen MR) is 71.9 cm³/mol. The van der Waals surface area contributed by atoms with E-state index < -0.39 is 0 Å². The smallest absolute Gasteiger partial charge is 0.131 e. The third-order valence-corrected chi connectivity index (χ3v) is 3.03. The molecule has 0 amide bonds. The van der Waals surface area contributed by atoms with E-state index in [9.17, 15) is 4.39 Å². The average molecular weight is 257 g/mol. The maximum atomic E-state index is 13.8. The Labute approximate surface area is 112 Å². The molecule has 1 heterocycles. The van der Waals surface area contributed by atoms with E-state index in [0.717, 1.165) is 25.8 Å². The Morgan fingerprint density at radius 3 is 2.95 bits per heavy atom. The van der Waals surface area contributed by atoms with Crippen LogP contribution in [0.1, 0.15) is 31.7 Å². The molecule has 0 aliphatic rings. The van der Waals surface area contributed by atoms with Crippen LogP contribution in [0, 0.1) is 17.1 Å². The predicted octanol–water partition coefficient (Wildman–Crippen LogP) is 3.75. The molecule has 1 aromatic heterocycles. The number of rotatable bonds is 5. The van der Waals surface area contributed by atoms with Crippen LogP contribution in [0.25, 0.3) is 11.1 Å². The average Bonchev–Trinajstić information content (AvgIpc) is 2.88. The first-order valence-electron chi connectivity index (χ1n) is 6.47. The molecule has 0 saturated carbocycles. The monoisotopic (exact) mass is 257 g/mol. The highest BCUT2D eigenvalue weighted by molar-refractivity contribution is 5.64. The van der Waals surface area contributed by atoms with E-state index in [4.69, 9.17) is 5.26 Å². The van der Waals surface area contributed by atoms with Crippen molar-refractivity contribution in [2.24, 2.45) is 0 Å². The molecule has 0 saturated heterocycles. The minimum atomic E-state index is -0.327. The highest BCUT2D eigenvalue weighted by Gasteiger charge is 2.08. The van der Waals surface area contributed by atoms with Gasteiger partial charge >= 0.3 is 0 Å². The molecular formula is C15H16FN3. The molecule has 0 N–H and O–H groups in total. The van der Waals surface area contributed by atoms with Crippen LogP contribution in [0.2, 0.25) is 0 Å². The molecule has 0 radical (unpaired) electrons. The van der Waals surface area contributed by atoms with Gasteiger partial charge in [0.05, 0.1) is 17.8 Å². The number of hydrogen-bond donors (Lipinski definition) is 0. The lowest BCUT2D eigenvalue weighted by molar-refractivity contribution is 0.553. The van der Waals surface area contributed by atoms with Crippen LogP contribution in [0.4, 0.5) is 4.39 Å². The van der Waals surface area contributed by atoms with Gasteiger partial charge in [0.2, 0.25) is 0 Å². The van der Waals surface area contributed by atoms with Gasteiger partial charge in [0, 0.05) is 23.9 Å². The Morgan fingerprint density at radius 2 is 2.21 bits per heavy atom. The summed E-state index contributed by atoms with van der Waals surface area (Å²) in [4.78, 5) is 0. The third kappa shape index (κ3) is 3.19. The van der Waals surface area contributed by atoms with Crippen molar-refractivity contribution >= 4 is 0 Å². The van der Waals surface area contributed by atoms with Gasteiger partial charge in [0.25, 0.3) is 0 Å². The van der Waals surface area contributed by atoms with Crippen molar-refractivity contribution in [3.63, 3.8) is 0 Å². The quantitative estimate of drug-likeness (QED) is 0.765. The fourth-order valence-corrected chi connectivity index (χ4v) is 1.96. The summed E-state index contributed by atoms with van der Waals surface area (Å²) in [6.45, 7) is 2.99. The second-order valence-corrected chi connectivity index (χ2v) is 4.51. The standard InChI is InChI=1S/C15H16FN3/c1-2-3-4-7-19-11-13(10-18-19)14-8-12(9-17)5-6-15(14)16/h5-6,8,10-11H,2-4,7H2,1H3. The van der Waals surface area contributed by atoms with Crippen molar-refractivity contribution in [1.29, 1.82) is 5.26 Å². The lowest BCUT2D eigenvalue weighted by Gasteiger charge is -2.01. The molecule has 0 aliphatic heterocycles. The molecule has 0 unspecified atom stereocenters. The van der Waals surface area contributed by atoms with Gasteiger partial charge in [-0.25, -0.2) is 4.39 Å². The van der Waals surface area contributed by atoms with Crippen LogP contribution < -0.4 is 0 Å². The molecular weight excluding hydrogens is 241 g/mol. The molecule has 0 atom stereocenters. The van der Waals surface area contributed by atoms with Crippen molar-refractivity contribution in [3.8, 4) is 17.2 Å². The Bertz CT molecular complexity index is 596. The number of nitriles is 1. The zero-order valence-corrected chi connectivity index (χ0v) is 10.9. The second kappa shape index (κ2) is 6.14.